The van der Waals surface area contributed by atoms with E-state index in [0.717, 1.165) is 35.8 Å². The summed E-state index contributed by atoms with van der Waals surface area (Å²) >= 11 is 8.12. The molecule has 1 heterocycles. The average Bonchev–Trinajstić information content (AvgIpc) is 2.60. The predicted octanol–water partition coefficient (Wildman–Crippen LogP) is 4.91. The Bertz CT molecular complexity index is 767. The van der Waals surface area contributed by atoms with Gasteiger partial charge in [-0.2, -0.15) is 0 Å². The summed E-state index contributed by atoms with van der Waals surface area (Å²) in [7, 11) is 7.54. The highest BCUT2D eigenvalue weighted by Crippen LogP contribution is 2.51. The average molecular weight is 379 g/mol. The van der Waals surface area contributed by atoms with Gasteiger partial charge in [-0.3, -0.25) is 0 Å². The Labute approximate surface area is 158 Å². The second kappa shape index (κ2) is 7.77. The van der Waals surface area contributed by atoms with Crippen LogP contribution in [-0.4, -0.2) is 46.3 Å². The first-order chi connectivity index (χ1) is 12.0. The molecular formula is C19H23ClN2O2S. The molecule has 0 bridgehead atoms. The molecule has 0 N–H and O–H groups in total. The summed E-state index contributed by atoms with van der Waals surface area (Å²) in [6.45, 7) is 1.96. The lowest BCUT2D eigenvalue weighted by Crippen LogP contribution is -2.25. The molecule has 0 atom stereocenters. The summed E-state index contributed by atoms with van der Waals surface area (Å²) in [4.78, 5) is 6.87. The molecule has 3 rings (SSSR count). The Morgan fingerprint density at radius 1 is 1.04 bits per heavy atom. The minimum atomic E-state index is 0.636. The lowest BCUT2D eigenvalue weighted by molar-refractivity contribution is 0.402. The van der Waals surface area contributed by atoms with E-state index >= 15 is 0 Å². The Morgan fingerprint density at radius 2 is 1.80 bits per heavy atom. The van der Waals surface area contributed by atoms with E-state index in [9.17, 15) is 0 Å². The first-order valence-electron chi connectivity index (χ1n) is 8.19. The summed E-state index contributed by atoms with van der Waals surface area (Å²) in [5, 5.41) is 0.636. The van der Waals surface area contributed by atoms with Crippen LogP contribution in [0.1, 0.15) is 6.42 Å². The molecule has 0 aromatic heterocycles. The molecular weight excluding hydrogens is 356 g/mol. The SMILES string of the molecule is COc1ccc2c(c1)Sc1cc(OC)c(Cl)cc1N2CCCN(C)C. The predicted molar refractivity (Wildman–Crippen MR) is 105 cm³/mol. The van der Waals surface area contributed by atoms with Gasteiger partial charge in [0.25, 0.3) is 0 Å². The van der Waals surface area contributed by atoms with E-state index in [-0.39, 0.29) is 0 Å². The van der Waals surface area contributed by atoms with Crippen LogP contribution < -0.4 is 14.4 Å². The fraction of sp³-hybridized carbons (Fsp3) is 0.368. The fourth-order valence-electron chi connectivity index (χ4n) is 2.93. The molecule has 0 amide bonds. The molecule has 134 valence electrons. The summed E-state index contributed by atoms with van der Waals surface area (Å²) in [6, 6.07) is 10.2. The highest BCUT2D eigenvalue weighted by atomic mass is 35.5. The lowest BCUT2D eigenvalue weighted by Gasteiger charge is -2.33. The summed E-state index contributed by atoms with van der Waals surface area (Å²) in [5.74, 6) is 1.57. The smallest absolute Gasteiger partial charge is 0.138 e. The van der Waals surface area contributed by atoms with E-state index in [1.165, 1.54) is 10.6 Å². The molecule has 0 radical (unpaired) electrons. The highest BCUT2D eigenvalue weighted by molar-refractivity contribution is 7.99. The van der Waals surface area contributed by atoms with E-state index < -0.39 is 0 Å². The molecule has 25 heavy (non-hydrogen) atoms. The lowest BCUT2D eigenvalue weighted by atomic mass is 10.2. The van der Waals surface area contributed by atoms with Crippen molar-refractivity contribution in [3.63, 3.8) is 0 Å². The fourth-order valence-corrected chi connectivity index (χ4v) is 4.30. The van der Waals surface area contributed by atoms with Crippen molar-refractivity contribution >= 4 is 34.7 Å². The van der Waals surface area contributed by atoms with E-state index in [0.29, 0.717) is 10.8 Å². The van der Waals surface area contributed by atoms with E-state index in [2.05, 4.69) is 36.0 Å². The maximum atomic E-state index is 6.40. The van der Waals surface area contributed by atoms with Crippen LogP contribution in [0.5, 0.6) is 11.5 Å². The minimum Gasteiger partial charge on any atom is -0.497 e. The maximum absolute atomic E-state index is 6.40. The molecule has 0 saturated heterocycles. The number of fused-ring (bicyclic) bond motifs is 2. The van der Waals surface area contributed by atoms with Crippen LogP contribution in [0.2, 0.25) is 5.02 Å². The number of benzene rings is 2. The molecule has 0 aliphatic carbocycles. The van der Waals surface area contributed by atoms with Crippen molar-refractivity contribution in [3.05, 3.63) is 35.4 Å². The molecule has 6 heteroatoms. The Balaban J connectivity index is 2.01. The first-order valence-corrected chi connectivity index (χ1v) is 9.38. The van der Waals surface area contributed by atoms with Crippen molar-refractivity contribution in [1.29, 1.82) is 0 Å². The van der Waals surface area contributed by atoms with Gasteiger partial charge in [0.05, 0.1) is 30.6 Å². The van der Waals surface area contributed by atoms with Crippen LogP contribution in [0, 0.1) is 0 Å². The van der Waals surface area contributed by atoms with Gasteiger partial charge >= 0.3 is 0 Å². The summed E-state index contributed by atoms with van der Waals surface area (Å²) in [6.07, 6.45) is 1.06. The van der Waals surface area contributed by atoms with E-state index in [4.69, 9.17) is 21.1 Å². The van der Waals surface area contributed by atoms with Crippen LogP contribution in [0.4, 0.5) is 11.4 Å². The van der Waals surface area contributed by atoms with Crippen LogP contribution in [0.25, 0.3) is 0 Å². The maximum Gasteiger partial charge on any atom is 0.138 e. The number of hydrogen-bond acceptors (Lipinski definition) is 5. The molecule has 4 nitrogen and oxygen atoms in total. The normalized spacial score (nSPS) is 12.8. The molecule has 0 fully saturated rings. The second-order valence-electron chi connectivity index (χ2n) is 6.20. The van der Waals surface area contributed by atoms with Crippen molar-refractivity contribution in [3.8, 4) is 11.5 Å². The van der Waals surface area contributed by atoms with Gasteiger partial charge in [-0.1, -0.05) is 23.4 Å². The highest BCUT2D eigenvalue weighted by Gasteiger charge is 2.25. The molecule has 2 aromatic rings. The van der Waals surface area contributed by atoms with Crippen molar-refractivity contribution < 1.29 is 9.47 Å². The zero-order chi connectivity index (χ0) is 18.0. The van der Waals surface area contributed by atoms with Gasteiger partial charge in [0.1, 0.15) is 11.5 Å². The molecule has 1 aliphatic heterocycles. The third-order valence-electron chi connectivity index (χ3n) is 4.19. The Morgan fingerprint density at radius 3 is 2.48 bits per heavy atom. The molecule has 0 unspecified atom stereocenters. The third-order valence-corrected chi connectivity index (χ3v) is 5.58. The summed E-state index contributed by atoms with van der Waals surface area (Å²) in [5.41, 5.74) is 2.32. The topological polar surface area (TPSA) is 24.9 Å². The Kier molecular flexibility index (Phi) is 5.67. The zero-order valence-corrected chi connectivity index (χ0v) is 16.6. The van der Waals surface area contributed by atoms with Crippen molar-refractivity contribution in [2.45, 2.75) is 16.2 Å². The standard InChI is InChI=1S/C19H23ClN2O2S/c1-21(2)8-5-9-22-15-7-6-13(23-3)10-18(15)25-19-12-17(24-4)14(20)11-16(19)22/h6-7,10-12H,5,8-9H2,1-4H3. The number of anilines is 2. The van der Waals surface area contributed by atoms with Gasteiger partial charge in [0.15, 0.2) is 0 Å². The van der Waals surface area contributed by atoms with Crippen LogP contribution in [-0.2, 0) is 0 Å². The largest absolute Gasteiger partial charge is 0.497 e. The molecule has 1 aliphatic rings. The van der Waals surface area contributed by atoms with Crippen LogP contribution in [0.3, 0.4) is 0 Å². The second-order valence-corrected chi connectivity index (χ2v) is 7.69. The number of rotatable bonds is 6. The number of nitrogens with zero attached hydrogens (tertiary/aromatic N) is 2. The van der Waals surface area contributed by atoms with Crippen LogP contribution >= 0.6 is 23.4 Å². The zero-order valence-electron chi connectivity index (χ0n) is 15.0. The van der Waals surface area contributed by atoms with Crippen molar-refractivity contribution in [2.75, 3.05) is 46.3 Å². The molecule has 2 aromatic carbocycles. The van der Waals surface area contributed by atoms with Gasteiger partial charge in [0.2, 0.25) is 0 Å². The number of methoxy groups -OCH3 is 2. The van der Waals surface area contributed by atoms with Gasteiger partial charge in [-0.25, -0.2) is 0 Å². The van der Waals surface area contributed by atoms with Crippen molar-refractivity contribution in [2.24, 2.45) is 0 Å². The monoisotopic (exact) mass is 378 g/mol. The summed E-state index contributed by atoms with van der Waals surface area (Å²) < 4.78 is 10.8. The minimum absolute atomic E-state index is 0.636. The number of halogens is 1. The number of ether oxygens (including phenoxy) is 2. The van der Waals surface area contributed by atoms with Gasteiger partial charge in [-0.05, 0) is 57.4 Å². The van der Waals surface area contributed by atoms with E-state index in [1.54, 1.807) is 26.0 Å². The third kappa shape index (κ3) is 3.84. The Hall–Kier alpha value is -1.56. The quantitative estimate of drug-likeness (QED) is 0.711. The van der Waals surface area contributed by atoms with Gasteiger partial charge in [-0.15, -0.1) is 0 Å². The van der Waals surface area contributed by atoms with Gasteiger partial charge < -0.3 is 19.3 Å². The molecule has 0 spiro atoms. The van der Waals surface area contributed by atoms with Gasteiger partial charge in [0, 0.05) is 16.3 Å². The van der Waals surface area contributed by atoms with E-state index in [1.807, 2.05) is 18.2 Å². The van der Waals surface area contributed by atoms with Crippen molar-refractivity contribution in [1.82, 2.24) is 4.90 Å². The molecule has 0 saturated carbocycles. The van der Waals surface area contributed by atoms with Crippen LogP contribution in [0.15, 0.2) is 40.1 Å². The number of hydrogen-bond donors (Lipinski definition) is 0. The first kappa shape index (κ1) is 18.2.